The Morgan fingerprint density at radius 2 is 2.00 bits per heavy atom. The first-order chi connectivity index (χ1) is 15.0. The van der Waals surface area contributed by atoms with Crippen LogP contribution in [0.3, 0.4) is 0 Å². The number of carbonyl (C=O) groups is 2. The molecule has 0 saturated carbocycles. The van der Waals surface area contributed by atoms with Crippen molar-refractivity contribution < 1.29 is 9.59 Å². The molecule has 0 N–H and O–H groups in total. The van der Waals surface area contributed by atoms with Gasteiger partial charge in [-0.1, -0.05) is 70.2 Å². The van der Waals surface area contributed by atoms with Crippen LogP contribution in [0.2, 0.25) is 0 Å². The summed E-state index contributed by atoms with van der Waals surface area (Å²) in [6.07, 6.45) is 2.84. The summed E-state index contributed by atoms with van der Waals surface area (Å²) in [5.41, 5.74) is 1.69. The molecule has 1 aliphatic heterocycles. The van der Waals surface area contributed by atoms with Gasteiger partial charge in [-0.2, -0.15) is 5.26 Å². The fourth-order valence-corrected chi connectivity index (χ4v) is 4.86. The van der Waals surface area contributed by atoms with Crippen LogP contribution in [0.25, 0.3) is 6.08 Å². The average Bonchev–Trinajstić information content (AvgIpc) is 3.02. The molecule has 1 heterocycles. The van der Waals surface area contributed by atoms with Crippen molar-refractivity contribution >= 4 is 67.8 Å². The van der Waals surface area contributed by atoms with Gasteiger partial charge in [0, 0.05) is 29.7 Å². The summed E-state index contributed by atoms with van der Waals surface area (Å²) < 4.78 is 1.44. The maximum atomic E-state index is 12.8. The van der Waals surface area contributed by atoms with Crippen molar-refractivity contribution in [3.63, 3.8) is 0 Å². The minimum atomic E-state index is -0.133. The number of thioether (sulfide) groups is 1. The van der Waals surface area contributed by atoms with Gasteiger partial charge in [-0.05, 0) is 42.3 Å². The van der Waals surface area contributed by atoms with Crippen LogP contribution in [0.1, 0.15) is 24.8 Å². The Morgan fingerprint density at radius 3 is 2.71 bits per heavy atom. The molecule has 31 heavy (non-hydrogen) atoms. The predicted molar refractivity (Wildman–Crippen MR) is 132 cm³/mol. The number of amides is 2. The maximum absolute atomic E-state index is 12.8. The molecule has 5 nitrogen and oxygen atoms in total. The lowest BCUT2D eigenvalue weighted by molar-refractivity contribution is -0.123. The third kappa shape index (κ3) is 6.26. The van der Waals surface area contributed by atoms with Gasteiger partial charge in [0.2, 0.25) is 5.91 Å². The van der Waals surface area contributed by atoms with E-state index in [1.54, 1.807) is 9.80 Å². The zero-order chi connectivity index (χ0) is 22.2. The summed E-state index contributed by atoms with van der Waals surface area (Å²) in [6, 6.07) is 19.1. The molecule has 1 fully saturated rings. The largest absolute Gasteiger partial charge is 0.311 e. The van der Waals surface area contributed by atoms with Crippen molar-refractivity contribution in [1.29, 1.82) is 5.26 Å². The number of nitriles is 1. The van der Waals surface area contributed by atoms with Gasteiger partial charge in [-0.15, -0.1) is 0 Å². The van der Waals surface area contributed by atoms with Crippen LogP contribution >= 0.6 is 39.9 Å². The first-order valence-corrected chi connectivity index (χ1v) is 11.7. The highest BCUT2D eigenvalue weighted by Gasteiger charge is 2.31. The van der Waals surface area contributed by atoms with E-state index in [4.69, 9.17) is 17.5 Å². The summed E-state index contributed by atoms with van der Waals surface area (Å²) in [5.74, 6) is -0.205. The van der Waals surface area contributed by atoms with Crippen molar-refractivity contribution in [2.45, 2.75) is 19.3 Å². The third-order valence-electron chi connectivity index (χ3n) is 4.61. The minimum Gasteiger partial charge on any atom is -0.311 e. The van der Waals surface area contributed by atoms with Gasteiger partial charge in [0.15, 0.2) is 0 Å². The summed E-state index contributed by atoms with van der Waals surface area (Å²) >= 11 is 10.1. The number of nitrogens with zero attached hydrogens (tertiary/aromatic N) is 3. The molecule has 158 valence electrons. The quantitative estimate of drug-likeness (QED) is 0.350. The lowest BCUT2D eigenvalue weighted by Gasteiger charge is -2.22. The van der Waals surface area contributed by atoms with Gasteiger partial charge < -0.3 is 4.90 Å². The number of hydrogen-bond donors (Lipinski definition) is 0. The van der Waals surface area contributed by atoms with Crippen molar-refractivity contribution in [2.75, 3.05) is 18.0 Å². The molecule has 0 aromatic heterocycles. The Bertz CT molecular complexity index is 1050. The fourth-order valence-electron chi connectivity index (χ4n) is 3.13. The lowest BCUT2D eigenvalue weighted by Crippen LogP contribution is -2.33. The second kappa shape index (κ2) is 11.2. The van der Waals surface area contributed by atoms with Crippen molar-refractivity contribution in [3.05, 3.63) is 69.5 Å². The highest BCUT2D eigenvalue weighted by atomic mass is 79.9. The second-order valence-electron chi connectivity index (χ2n) is 6.78. The van der Waals surface area contributed by atoms with E-state index >= 15 is 0 Å². The number of carbonyl (C=O) groups excluding carboxylic acids is 2. The van der Waals surface area contributed by atoms with Crippen molar-refractivity contribution in [1.82, 2.24) is 4.90 Å². The number of para-hydroxylation sites is 1. The van der Waals surface area contributed by atoms with Gasteiger partial charge in [0.25, 0.3) is 5.91 Å². The van der Waals surface area contributed by atoms with Crippen LogP contribution in [0, 0.1) is 11.3 Å². The Hall–Kier alpha value is -2.47. The van der Waals surface area contributed by atoms with Crippen molar-refractivity contribution in [2.24, 2.45) is 0 Å². The minimum absolute atomic E-state index is 0.0726. The number of halogens is 1. The first-order valence-electron chi connectivity index (χ1n) is 9.73. The first kappa shape index (κ1) is 23.2. The van der Waals surface area contributed by atoms with Crippen LogP contribution < -0.4 is 4.90 Å². The summed E-state index contributed by atoms with van der Waals surface area (Å²) in [4.78, 5) is 29.3. The van der Waals surface area contributed by atoms with E-state index < -0.39 is 0 Å². The van der Waals surface area contributed by atoms with E-state index in [1.165, 1.54) is 11.8 Å². The molecule has 0 atom stereocenters. The molecule has 1 saturated heterocycles. The van der Waals surface area contributed by atoms with E-state index in [1.807, 2.05) is 60.7 Å². The molecule has 2 aromatic rings. The fraction of sp³-hybridized carbons (Fsp3) is 0.217. The highest BCUT2D eigenvalue weighted by molar-refractivity contribution is 9.10. The van der Waals surface area contributed by atoms with E-state index in [0.29, 0.717) is 28.7 Å². The van der Waals surface area contributed by atoms with Crippen LogP contribution in [-0.2, 0) is 9.59 Å². The number of hydrogen-bond acceptors (Lipinski definition) is 5. The summed E-state index contributed by atoms with van der Waals surface area (Å²) in [7, 11) is 0. The number of anilines is 1. The Labute approximate surface area is 199 Å². The van der Waals surface area contributed by atoms with E-state index in [2.05, 4.69) is 22.0 Å². The molecule has 2 aromatic carbocycles. The topological polar surface area (TPSA) is 64.4 Å². The molecule has 0 aliphatic carbocycles. The highest BCUT2D eigenvalue weighted by Crippen LogP contribution is 2.33. The van der Waals surface area contributed by atoms with Gasteiger partial charge in [-0.3, -0.25) is 14.5 Å². The molecular formula is C23H20BrN3O2S2. The molecule has 0 spiro atoms. The lowest BCUT2D eigenvalue weighted by atomic mass is 10.2. The Kier molecular flexibility index (Phi) is 8.41. The Balaban J connectivity index is 1.60. The molecule has 3 rings (SSSR count). The van der Waals surface area contributed by atoms with Crippen LogP contribution in [0.15, 0.2) is 64.0 Å². The van der Waals surface area contributed by atoms with E-state index in [0.717, 1.165) is 15.7 Å². The van der Waals surface area contributed by atoms with E-state index in [-0.39, 0.29) is 24.7 Å². The van der Waals surface area contributed by atoms with Gasteiger partial charge in [0.1, 0.15) is 4.32 Å². The van der Waals surface area contributed by atoms with Gasteiger partial charge in [-0.25, -0.2) is 0 Å². The zero-order valence-corrected chi connectivity index (χ0v) is 19.9. The standard InChI is InChI=1S/C23H20BrN3O2S2/c24-18-8-4-7-17(15-18)16-20-22(29)27(23(30)31-20)13-5-11-21(28)26(14-6-12-25)19-9-2-1-3-10-19/h1-4,7-10,15-16H,5-6,11,13-14H2. The molecular weight excluding hydrogens is 494 g/mol. The average molecular weight is 514 g/mol. The number of thiocarbonyl (C=S) groups is 1. The molecule has 0 bridgehead atoms. The van der Waals surface area contributed by atoms with Crippen LogP contribution in [0.5, 0.6) is 0 Å². The molecule has 0 unspecified atom stereocenters. The smallest absolute Gasteiger partial charge is 0.266 e. The van der Waals surface area contributed by atoms with Crippen LogP contribution in [0.4, 0.5) is 5.69 Å². The number of benzene rings is 2. The molecule has 1 aliphatic rings. The summed E-state index contributed by atoms with van der Waals surface area (Å²) in [6.45, 7) is 0.725. The van der Waals surface area contributed by atoms with Crippen molar-refractivity contribution in [3.8, 4) is 6.07 Å². The monoisotopic (exact) mass is 513 g/mol. The maximum Gasteiger partial charge on any atom is 0.266 e. The SMILES string of the molecule is N#CCCN(C(=O)CCCN1C(=O)C(=Cc2cccc(Br)c2)SC1=S)c1ccccc1. The van der Waals surface area contributed by atoms with Gasteiger partial charge in [0.05, 0.1) is 17.4 Å². The molecule has 2 amide bonds. The normalized spacial score (nSPS) is 14.7. The zero-order valence-electron chi connectivity index (χ0n) is 16.7. The Morgan fingerprint density at radius 1 is 1.23 bits per heavy atom. The third-order valence-corrected chi connectivity index (χ3v) is 6.48. The van der Waals surface area contributed by atoms with Gasteiger partial charge >= 0.3 is 0 Å². The number of rotatable bonds is 8. The van der Waals surface area contributed by atoms with Crippen LogP contribution in [-0.4, -0.2) is 34.1 Å². The summed E-state index contributed by atoms with van der Waals surface area (Å²) in [5, 5.41) is 8.91. The predicted octanol–water partition coefficient (Wildman–Crippen LogP) is 5.38. The molecule has 8 heteroatoms. The second-order valence-corrected chi connectivity index (χ2v) is 9.37. The van der Waals surface area contributed by atoms with E-state index in [9.17, 15) is 9.59 Å². The molecule has 0 radical (unpaired) electrons.